The molecule has 25 heavy (non-hydrogen) atoms. The summed E-state index contributed by atoms with van der Waals surface area (Å²) in [6.45, 7) is 3.61. The Kier molecular flexibility index (Phi) is 5.73. The molecule has 138 valence electrons. The Hall–Kier alpha value is -1.67. The van der Waals surface area contributed by atoms with Crippen LogP contribution in [0, 0.1) is 5.92 Å². The normalized spacial score (nSPS) is 20.6. The molecule has 0 saturated carbocycles. The van der Waals surface area contributed by atoms with Crippen LogP contribution in [-0.2, 0) is 19.1 Å². The molecule has 1 aromatic rings. The Morgan fingerprint density at radius 2 is 1.76 bits per heavy atom. The summed E-state index contributed by atoms with van der Waals surface area (Å²) in [4.78, 5) is 11.8. The molecule has 0 bridgehead atoms. The molecular formula is C17H19F3O4S. The summed E-state index contributed by atoms with van der Waals surface area (Å²) >= 11 is 0. The van der Waals surface area contributed by atoms with Gasteiger partial charge in [-0.15, -0.1) is 0 Å². The van der Waals surface area contributed by atoms with Crippen LogP contribution in [0.5, 0.6) is 0 Å². The van der Waals surface area contributed by atoms with Crippen molar-refractivity contribution in [3.8, 4) is 0 Å². The lowest BCUT2D eigenvalue weighted by Crippen LogP contribution is -2.28. The molecule has 4 nitrogen and oxygen atoms in total. The third-order valence-electron chi connectivity index (χ3n) is 4.08. The van der Waals surface area contributed by atoms with E-state index in [1.165, 1.54) is 12.1 Å². The van der Waals surface area contributed by atoms with Crippen molar-refractivity contribution in [3.05, 3.63) is 47.5 Å². The zero-order valence-corrected chi connectivity index (χ0v) is 14.6. The Bertz CT molecular complexity index is 766. The van der Waals surface area contributed by atoms with Crippen molar-refractivity contribution in [1.29, 1.82) is 0 Å². The fourth-order valence-electron chi connectivity index (χ4n) is 2.66. The van der Waals surface area contributed by atoms with Crippen molar-refractivity contribution in [3.63, 3.8) is 0 Å². The zero-order chi connectivity index (χ0) is 18.8. The molecule has 2 rings (SSSR count). The number of ketones is 1. The summed E-state index contributed by atoms with van der Waals surface area (Å²) in [7, 11) is -5.70. The predicted octanol–water partition coefficient (Wildman–Crippen LogP) is 4.25. The highest BCUT2D eigenvalue weighted by molar-refractivity contribution is 7.87. The third-order valence-corrected chi connectivity index (χ3v) is 5.11. The van der Waals surface area contributed by atoms with Crippen molar-refractivity contribution in [2.45, 2.75) is 44.2 Å². The van der Waals surface area contributed by atoms with E-state index in [2.05, 4.69) is 4.18 Å². The van der Waals surface area contributed by atoms with Crippen LogP contribution in [0.15, 0.2) is 36.4 Å². The summed E-state index contributed by atoms with van der Waals surface area (Å²) in [5.74, 6) is -0.160. The number of hydrogen-bond donors (Lipinski definition) is 0. The summed E-state index contributed by atoms with van der Waals surface area (Å²) in [5, 5.41) is 0. The maximum Gasteiger partial charge on any atom is 0.523 e. The highest BCUT2D eigenvalue weighted by atomic mass is 32.2. The Balaban J connectivity index is 2.23. The molecular weight excluding hydrogens is 357 g/mol. The van der Waals surface area contributed by atoms with E-state index in [4.69, 9.17) is 0 Å². The van der Waals surface area contributed by atoms with Gasteiger partial charge in [0.2, 0.25) is 0 Å². The van der Waals surface area contributed by atoms with Gasteiger partial charge in [0.1, 0.15) is 11.9 Å². The quantitative estimate of drug-likeness (QED) is 0.423. The number of Topliss-reactive ketones (excluding diaryl/α,β-unsaturated/α-hetero) is 1. The average molecular weight is 376 g/mol. The molecule has 0 N–H and O–H groups in total. The van der Waals surface area contributed by atoms with Crippen LogP contribution < -0.4 is 0 Å². The molecule has 0 radical (unpaired) electrons. The lowest BCUT2D eigenvalue weighted by Gasteiger charge is -2.26. The minimum atomic E-state index is -5.70. The molecule has 0 spiro atoms. The highest BCUT2D eigenvalue weighted by Crippen LogP contribution is 2.39. The minimum absolute atomic E-state index is 0.0872. The fraction of sp³-hybridized carbons (Fsp3) is 0.471. The van der Waals surface area contributed by atoms with E-state index in [9.17, 15) is 26.4 Å². The number of carbonyl (C=O) groups excluding carboxylic acids is 1. The van der Waals surface area contributed by atoms with Gasteiger partial charge in [-0.3, -0.25) is 8.98 Å². The van der Waals surface area contributed by atoms with Crippen molar-refractivity contribution in [2.24, 2.45) is 5.92 Å². The van der Waals surface area contributed by atoms with Gasteiger partial charge in [0.25, 0.3) is 0 Å². The maximum atomic E-state index is 12.6. The maximum absolute atomic E-state index is 12.6. The van der Waals surface area contributed by atoms with Crippen LogP contribution in [0.1, 0.15) is 49.8 Å². The highest BCUT2D eigenvalue weighted by Gasteiger charge is 2.49. The molecule has 2 atom stereocenters. The van der Waals surface area contributed by atoms with Crippen molar-refractivity contribution in [2.75, 3.05) is 0 Å². The minimum Gasteiger partial charge on any atom is -0.299 e. The van der Waals surface area contributed by atoms with Gasteiger partial charge in [0.05, 0.1) is 0 Å². The number of benzene rings is 1. The molecule has 0 saturated heterocycles. The number of allylic oxidation sites excluding steroid dienone is 1. The predicted molar refractivity (Wildman–Crippen MR) is 86.2 cm³/mol. The molecule has 8 heteroatoms. The molecule has 0 amide bonds. The van der Waals surface area contributed by atoms with Gasteiger partial charge in [0, 0.05) is 18.3 Å². The molecule has 0 aliphatic heterocycles. The summed E-state index contributed by atoms with van der Waals surface area (Å²) in [6, 6.07) is 6.56. The van der Waals surface area contributed by atoms with Crippen LogP contribution in [0.3, 0.4) is 0 Å². The molecule has 1 aliphatic rings. The van der Waals surface area contributed by atoms with Gasteiger partial charge in [-0.05, 0) is 17.5 Å². The summed E-state index contributed by atoms with van der Waals surface area (Å²) in [6.07, 6.45) is 2.42. The van der Waals surface area contributed by atoms with Gasteiger partial charge >= 0.3 is 15.6 Å². The summed E-state index contributed by atoms with van der Waals surface area (Å²) in [5.41, 5.74) is -4.44. The van der Waals surface area contributed by atoms with Gasteiger partial charge < -0.3 is 0 Å². The van der Waals surface area contributed by atoms with Crippen molar-refractivity contribution < 1.29 is 30.6 Å². The number of halogens is 3. The molecule has 0 heterocycles. The number of hydrogen-bond acceptors (Lipinski definition) is 4. The van der Waals surface area contributed by atoms with Gasteiger partial charge in [0.15, 0.2) is 0 Å². The first-order chi connectivity index (χ1) is 11.5. The lowest BCUT2D eigenvalue weighted by atomic mass is 9.83. The van der Waals surface area contributed by atoms with Crippen LogP contribution in [0.4, 0.5) is 13.2 Å². The molecule has 2 unspecified atom stereocenters. The van der Waals surface area contributed by atoms with Crippen molar-refractivity contribution >= 4 is 15.9 Å². The van der Waals surface area contributed by atoms with Crippen LogP contribution in [0.25, 0.3) is 0 Å². The summed E-state index contributed by atoms with van der Waals surface area (Å²) < 4.78 is 64.6. The second kappa shape index (κ2) is 7.29. The van der Waals surface area contributed by atoms with Crippen LogP contribution >= 0.6 is 0 Å². The van der Waals surface area contributed by atoms with E-state index in [0.717, 1.165) is 0 Å². The first kappa shape index (κ1) is 19.7. The zero-order valence-electron chi connectivity index (χ0n) is 13.8. The first-order valence-electron chi connectivity index (χ1n) is 7.82. The van der Waals surface area contributed by atoms with Crippen molar-refractivity contribution in [1.82, 2.24) is 0 Å². The van der Waals surface area contributed by atoms with E-state index in [0.29, 0.717) is 24.0 Å². The number of alkyl halides is 3. The SMILES string of the molecule is CC(C)C(=O)CCC1C=CC(OS(=O)(=O)C(F)(F)F)c2ccccc21. The van der Waals surface area contributed by atoms with Gasteiger partial charge in [-0.1, -0.05) is 50.3 Å². The van der Waals surface area contributed by atoms with E-state index in [-0.39, 0.29) is 17.6 Å². The monoisotopic (exact) mass is 376 g/mol. The van der Waals surface area contributed by atoms with E-state index < -0.39 is 21.7 Å². The van der Waals surface area contributed by atoms with E-state index >= 15 is 0 Å². The largest absolute Gasteiger partial charge is 0.523 e. The second-order valence-electron chi connectivity index (χ2n) is 6.20. The average Bonchev–Trinajstić information content (AvgIpc) is 2.52. The van der Waals surface area contributed by atoms with Gasteiger partial charge in [-0.2, -0.15) is 21.6 Å². The lowest BCUT2D eigenvalue weighted by molar-refractivity contribution is -0.122. The third kappa shape index (κ3) is 4.49. The van der Waals surface area contributed by atoms with Crippen LogP contribution in [0.2, 0.25) is 0 Å². The molecule has 0 fully saturated rings. The van der Waals surface area contributed by atoms with E-state index in [1.54, 1.807) is 38.1 Å². The number of fused-ring (bicyclic) bond motifs is 1. The Morgan fingerprint density at radius 1 is 1.16 bits per heavy atom. The first-order valence-corrected chi connectivity index (χ1v) is 9.23. The number of rotatable bonds is 6. The molecule has 0 aromatic heterocycles. The van der Waals surface area contributed by atoms with E-state index in [1.807, 2.05) is 0 Å². The standard InChI is InChI=1S/C17H19F3O4S/c1-11(2)15(21)9-7-12-8-10-16(14-6-4-3-5-13(12)14)24-25(22,23)17(18,19)20/h3-6,8,10-12,16H,7,9H2,1-2H3. The second-order valence-corrected chi connectivity index (χ2v) is 7.76. The number of carbonyl (C=O) groups is 1. The Morgan fingerprint density at radius 3 is 2.32 bits per heavy atom. The molecule has 1 aliphatic carbocycles. The smallest absolute Gasteiger partial charge is 0.299 e. The fourth-order valence-corrected chi connectivity index (χ4v) is 3.21. The van der Waals surface area contributed by atoms with Crippen LogP contribution in [-0.4, -0.2) is 19.7 Å². The Labute approximate surface area is 144 Å². The van der Waals surface area contributed by atoms with Gasteiger partial charge in [-0.25, -0.2) is 0 Å². The molecule has 1 aromatic carbocycles. The topological polar surface area (TPSA) is 60.4 Å².